The molecule has 1 aromatic rings. The molecular weight excluding hydrogens is 146 g/mol. The van der Waals surface area contributed by atoms with Gasteiger partial charge in [-0.05, 0) is 38.0 Å². The van der Waals surface area contributed by atoms with Crippen LogP contribution >= 0.6 is 0 Å². The molecule has 0 aliphatic carbocycles. The van der Waals surface area contributed by atoms with Gasteiger partial charge in [-0.25, -0.2) is 0 Å². The molecule has 1 aromatic carbocycles. The molecule has 1 rings (SSSR count). The molecule has 0 heterocycles. The predicted molar refractivity (Wildman–Crippen MR) is 54.9 cm³/mol. The Labute approximate surface area is 75.0 Å². The van der Waals surface area contributed by atoms with E-state index in [-0.39, 0.29) is 0 Å². The molecule has 0 radical (unpaired) electrons. The standard InChI is InChI=1S/C11H17N/c1-5-12(4)11-8-6-7-9(2)10(11)3/h6-8H,5H2,1-4H3. The summed E-state index contributed by atoms with van der Waals surface area (Å²) in [6.45, 7) is 7.56. The smallest absolute Gasteiger partial charge is 0.0395 e. The third-order valence-electron chi connectivity index (χ3n) is 2.46. The Morgan fingerprint density at radius 1 is 1.25 bits per heavy atom. The number of benzene rings is 1. The Morgan fingerprint density at radius 2 is 1.92 bits per heavy atom. The fraction of sp³-hybridized carbons (Fsp3) is 0.455. The van der Waals surface area contributed by atoms with Crippen molar-refractivity contribution in [1.29, 1.82) is 0 Å². The number of anilines is 1. The first-order valence-electron chi connectivity index (χ1n) is 4.44. The van der Waals surface area contributed by atoms with Gasteiger partial charge in [-0.3, -0.25) is 0 Å². The van der Waals surface area contributed by atoms with Gasteiger partial charge in [-0.2, -0.15) is 0 Å². The van der Waals surface area contributed by atoms with E-state index in [0.29, 0.717) is 0 Å². The molecule has 0 aliphatic rings. The first kappa shape index (κ1) is 9.11. The largest absolute Gasteiger partial charge is 0.375 e. The molecule has 0 N–H and O–H groups in total. The third-order valence-corrected chi connectivity index (χ3v) is 2.46. The van der Waals surface area contributed by atoms with E-state index in [1.807, 2.05) is 0 Å². The molecule has 0 saturated carbocycles. The van der Waals surface area contributed by atoms with Gasteiger partial charge in [0.15, 0.2) is 0 Å². The fourth-order valence-electron chi connectivity index (χ4n) is 1.32. The van der Waals surface area contributed by atoms with Crippen LogP contribution in [0.5, 0.6) is 0 Å². The summed E-state index contributed by atoms with van der Waals surface area (Å²) >= 11 is 0. The molecule has 66 valence electrons. The normalized spacial score (nSPS) is 10.0. The lowest BCUT2D eigenvalue weighted by Crippen LogP contribution is -2.17. The maximum absolute atomic E-state index is 2.27. The quantitative estimate of drug-likeness (QED) is 0.648. The van der Waals surface area contributed by atoms with E-state index in [1.54, 1.807) is 0 Å². The summed E-state index contributed by atoms with van der Waals surface area (Å²) in [4.78, 5) is 2.27. The maximum Gasteiger partial charge on any atom is 0.0395 e. The van der Waals surface area contributed by atoms with Gasteiger partial charge in [0, 0.05) is 19.3 Å². The summed E-state index contributed by atoms with van der Waals surface area (Å²) in [6.07, 6.45) is 0. The molecule has 0 saturated heterocycles. The van der Waals surface area contributed by atoms with Crippen molar-refractivity contribution in [3.8, 4) is 0 Å². The average molecular weight is 163 g/mol. The number of hydrogen-bond acceptors (Lipinski definition) is 1. The molecule has 0 spiro atoms. The highest BCUT2D eigenvalue weighted by Crippen LogP contribution is 2.20. The molecule has 1 heteroatoms. The minimum Gasteiger partial charge on any atom is -0.375 e. The van der Waals surface area contributed by atoms with Crippen LogP contribution in [0.25, 0.3) is 0 Å². The third kappa shape index (κ3) is 1.60. The zero-order chi connectivity index (χ0) is 9.14. The molecule has 0 aromatic heterocycles. The minimum absolute atomic E-state index is 1.06. The van der Waals surface area contributed by atoms with Gasteiger partial charge in [0.05, 0.1) is 0 Å². The van der Waals surface area contributed by atoms with Crippen molar-refractivity contribution < 1.29 is 0 Å². The van der Waals surface area contributed by atoms with Gasteiger partial charge in [0.1, 0.15) is 0 Å². The van der Waals surface area contributed by atoms with Gasteiger partial charge < -0.3 is 4.90 Å². The molecule has 0 bridgehead atoms. The Kier molecular flexibility index (Phi) is 2.74. The van der Waals surface area contributed by atoms with Crippen molar-refractivity contribution in [3.05, 3.63) is 29.3 Å². The summed E-state index contributed by atoms with van der Waals surface area (Å²) in [5, 5.41) is 0. The fourth-order valence-corrected chi connectivity index (χ4v) is 1.32. The molecule has 0 unspecified atom stereocenters. The highest BCUT2D eigenvalue weighted by molar-refractivity contribution is 5.55. The summed E-state index contributed by atoms with van der Waals surface area (Å²) in [7, 11) is 2.13. The van der Waals surface area contributed by atoms with Gasteiger partial charge in [0.25, 0.3) is 0 Å². The van der Waals surface area contributed by atoms with E-state index in [2.05, 4.69) is 50.9 Å². The minimum atomic E-state index is 1.06. The summed E-state index contributed by atoms with van der Waals surface area (Å²) in [5.41, 5.74) is 4.10. The molecule has 0 amide bonds. The van der Waals surface area contributed by atoms with Crippen LogP contribution in [0.4, 0.5) is 5.69 Å². The van der Waals surface area contributed by atoms with Crippen LogP contribution in [-0.4, -0.2) is 13.6 Å². The van der Waals surface area contributed by atoms with Crippen molar-refractivity contribution in [2.45, 2.75) is 20.8 Å². The van der Waals surface area contributed by atoms with Crippen LogP contribution in [0.1, 0.15) is 18.1 Å². The first-order valence-corrected chi connectivity index (χ1v) is 4.44. The van der Waals surface area contributed by atoms with Gasteiger partial charge in [0.2, 0.25) is 0 Å². The monoisotopic (exact) mass is 163 g/mol. The molecule has 0 fully saturated rings. The van der Waals surface area contributed by atoms with Crippen LogP contribution in [0, 0.1) is 13.8 Å². The molecular formula is C11H17N. The summed E-state index contributed by atoms with van der Waals surface area (Å²) < 4.78 is 0. The van der Waals surface area contributed by atoms with Crippen LogP contribution in [0.15, 0.2) is 18.2 Å². The lowest BCUT2D eigenvalue weighted by molar-refractivity contribution is 0.959. The van der Waals surface area contributed by atoms with Crippen LogP contribution in [0.3, 0.4) is 0 Å². The van der Waals surface area contributed by atoms with E-state index in [4.69, 9.17) is 0 Å². The zero-order valence-electron chi connectivity index (χ0n) is 8.39. The number of nitrogens with zero attached hydrogens (tertiary/aromatic N) is 1. The van der Waals surface area contributed by atoms with E-state index in [1.165, 1.54) is 16.8 Å². The van der Waals surface area contributed by atoms with Crippen molar-refractivity contribution in [2.24, 2.45) is 0 Å². The lowest BCUT2D eigenvalue weighted by Gasteiger charge is -2.20. The van der Waals surface area contributed by atoms with Crippen LogP contribution in [-0.2, 0) is 0 Å². The van der Waals surface area contributed by atoms with Crippen LogP contribution in [0.2, 0.25) is 0 Å². The van der Waals surface area contributed by atoms with E-state index in [0.717, 1.165) is 6.54 Å². The Hall–Kier alpha value is -0.980. The number of hydrogen-bond donors (Lipinski definition) is 0. The van der Waals surface area contributed by atoms with Crippen molar-refractivity contribution in [1.82, 2.24) is 0 Å². The first-order chi connectivity index (χ1) is 5.66. The number of rotatable bonds is 2. The second-order valence-corrected chi connectivity index (χ2v) is 3.23. The molecule has 0 aliphatic heterocycles. The highest BCUT2D eigenvalue weighted by Gasteiger charge is 2.02. The Balaban J connectivity index is 3.07. The lowest BCUT2D eigenvalue weighted by atomic mass is 10.1. The number of aryl methyl sites for hydroxylation is 1. The predicted octanol–water partition coefficient (Wildman–Crippen LogP) is 2.76. The molecule has 12 heavy (non-hydrogen) atoms. The zero-order valence-corrected chi connectivity index (χ0v) is 8.39. The van der Waals surface area contributed by atoms with Crippen molar-refractivity contribution in [2.75, 3.05) is 18.5 Å². The highest BCUT2D eigenvalue weighted by atomic mass is 15.1. The average Bonchev–Trinajstić information content (AvgIpc) is 2.08. The van der Waals surface area contributed by atoms with E-state index >= 15 is 0 Å². The summed E-state index contributed by atoms with van der Waals surface area (Å²) in [6, 6.07) is 6.44. The Morgan fingerprint density at radius 3 is 2.50 bits per heavy atom. The molecule has 0 atom stereocenters. The van der Waals surface area contributed by atoms with E-state index < -0.39 is 0 Å². The van der Waals surface area contributed by atoms with Gasteiger partial charge in [-0.1, -0.05) is 12.1 Å². The SMILES string of the molecule is CCN(C)c1cccc(C)c1C. The van der Waals surface area contributed by atoms with Crippen molar-refractivity contribution in [3.63, 3.8) is 0 Å². The second kappa shape index (κ2) is 3.61. The Bertz CT molecular complexity index is 266. The van der Waals surface area contributed by atoms with Crippen LogP contribution < -0.4 is 4.90 Å². The summed E-state index contributed by atoms with van der Waals surface area (Å²) in [5.74, 6) is 0. The maximum atomic E-state index is 2.27. The van der Waals surface area contributed by atoms with Gasteiger partial charge in [-0.15, -0.1) is 0 Å². The van der Waals surface area contributed by atoms with E-state index in [9.17, 15) is 0 Å². The molecule has 1 nitrogen and oxygen atoms in total. The topological polar surface area (TPSA) is 3.24 Å². The second-order valence-electron chi connectivity index (χ2n) is 3.23. The van der Waals surface area contributed by atoms with Gasteiger partial charge >= 0.3 is 0 Å². The van der Waals surface area contributed by atoms with Crippen molar-refractivity contribution >= 4 is 5.69 Å².